The van der Waals surface area contributed by atoms with Crippen LogP contribution in [0.2, 0.25) is 5.02 Å². The van der Waals surface area contributed by atoms with E-state index >= 15 is 0 Å². The van der Waals surface area contributed by atoms with Crippen LogP contribution in [-0.4, -0.2) is 16.0 Å². The Bertz CT molecular complexity index is 611. The number of nitrogens with zero attached hydrogens (tertiary/aromatic N) is 2. The molecule has 0 saturated heterocycles. The minimum atomic E-state index is 0.584. The molecule has 2 N–H and O–H groups in total. The first-order valence-corrected chi connectivity index (χ1v) is 7.18. The Morgan fingerprint density at radius 3 is 2.80 bits per heavy atom. The second-order valence-electron chi connectivity index (χ2n) is 5.08. The molecule has 0 spiro atoms. The molecule has 0 unspecified atom stereocenters. The molecule has 1 saturated carbocycles. The van der Waals surface area contributed by atoms with Crippen molar-refractivity contribution in [2.75, 3.05) is 10.6 Å². The summed E-state index contributed by atoms with van der Waals surface area (Å²) in [5.41, 5.74) is 1.99. The van der Waals surface area contributed by atoms with Gasteiger partial charge in [0.15, 0.2) is 0 Å². The summed E-state index contributed by atoms with van der Waals surface area (Å²) < 4.78 is 0. The lowest BCUT2D eigenvalue weighted by Gasteiger charge is -2.10. The summed E-state index contributed by atoms with van der Waals surface area (Å²) in [5, 5.41) is 7.37. The van der Waals surface area contributed by atoms with Crippen molar-refractivity contribution in [2.24, 2.45) is 0 Å². The topological polar surface area (TPSA) is 49.8 Å². The Morgan fingerprint density at radius 2 is 2.05 bits per heavy atom. The average molecular weight is 289 g/mol. The van der Waals surface area contributed by atoms with Gasteiger partial charge in [0.1, 0.15) is 5.82 Å². The largest absolute Gasteiger partial charge is 0.367 e. The Kier molecular flexibility index (Phi) is 3.74. The number of anilines is 2. The van der Waals surface area contributed by atoms with Gasteiger partial charge >= 0.3 is 0 Å². The first-order valence-electron chi connectivity index (χ1n) is 6.80. The van der Waals surface area contributed by atoms with E-state index < -0.39 is 0 Å². The fraction of sp³-hybridized carbons (Fsp3) is 0.333. The van der Waals surface area contributed by atoms with Gasteiger partial charge in [-0.15, -0.1) is 0 Å². The third-order valence-corrected chi connectivity index (χ3v) is 3.55. The number of benzene rings is 1. The molecular formula is C15H17ClN4. The number of aryl methyl sites for hydroxylation is 1. The van der Waals surface area contributed by atoms with Crippen LogP contribution >= 0.6 is 11.6 Å². The maximum atomic E-state index is 6.14. The molecule has 1 fully saturated rings. The smallest absolute Gasteiger partial charge is 0.225 e. The van der Waals surface area contributed by atoms with Gasteiger partial charge in [-0.2, -0.15) is 4.98 Å². The highest BCUT2D eigenvalue weighted by Crippen LogP contribution is 2.24. The monoisotopic (exact) mass is 288 g/mol. The summed E-state index contributed by atoms with van der Waals surface area (Å²) in [6, 6.07) is 10.3. The molecular weight excluding hydrogens is 272 g/mol. The number of hydrogen-bond donors (Lipinski definition) is 2. The lowest BCUT2D eigenvalue weighted by molar-refractivity contribution is 1.01. The van der Waals surface area contributed by atoms with Crippen LogP contribution in [0.25, 0.3) is 0 Å². The van der Waals surface area contributed by atoms with E-state index in [1.807, 2.05) is 37.3 Å². The van der Waals surface area contributed by atoms with Gasteiger partial charge in [0.05, 0.1) is 0 Å². The van der Waals surface area contributed by atoms with Crippen molar-refractivity contribution in [3.63, 3.8) is 0 Å². The van der Waals surface area contributed by atoms with Crippen molar-refractivity contribution in [3.05, 3.63) is 46.6 Å². The molecule has 0 atom stereocenters. The molecule has 0 amide bonds. The third kappa shape index (κ3) is 3.39. The van der Waals surface area contributed by atoms with Gasteiger partial charge in [0.2, 0.25) is 5.95 Å². The zero-order chi connectivity index (χ0) is 13.9. The van der Waals surface area contributed by atoms with Crippen LogP contribution in [0.1, 0.15) is 24.1 Å². The Hall–Kier alpha value is -1.81. The molecule has 4 nitrogen and oxygen atoms in total. The first kappa shape index (κ1) is 13.2. The molecule has 0 aliphatic heterocycles. The van der Waals surface area contributed by atoms with Crippen LogP contribution in [0.5, 0.6) is 0 Å². The molecule has 1 heterocycles. The fourth-order valence-electron chi connectivity index (χ4n) is 1.97. The van der Waals surface area contributed by atoms with Gasteiger partial charge in [-0.05, 0) is 31.4 Å². The number of rotatable bonds is 5. The van der Waals surface area contributed by atoms with Gasteiger partial charge in [0, 0.05) is 29.4 Å². The van der Waals surface area contributed by atoms with Crippen LogP contribution < -0.4 is 10.6 Å². The maximum Gasteiger partial charge on any atom is 0.225 e. The number of halogens is 1. The second-order valence-corrected chi connectivity index (χ2v) is 5.49. The highest BCUT2D eigenvalue weighted by molar-refractivity contribution is 6.31. The number of nitrogens with one attached hydrogen (secondary N) is 2. The quantitative estimate of drug-likeness (QED) is 0.882. The lowest BCUT2D eigenvalue weighted by Crippen LogP contribution is -2.09. The van der Waals surface area contributed by atoms with Crippen LogP contribution in [-0.2, 0) is 6.54 Å². The Balaban J connectivity index is 1.70. The third-order valence-electron chi connectivity index (χ3n) is 3.18. The van der Waals surface area contributed by atoms with E-state index in [0.29, 0.717) is 18.5 Å². The summed E-state index contributed by atoms with van der Waals surface area (Å²) in [4.78, 5) is 8.88. The molecule has 0 bridgehead atoms. The second kappa shape index (κ2) is 5.67. The van der Waals surface area contributed by atoms with Gasteiger partial charge in [-0.1, -0.05) is 29.8 Å². The molecule has 3 rings (SSSR count). The van der Waals surface area contributed by atoms with Crippen LogP contribution in [0.15, 0.2) is 30.3 Å². The zero-order valence-corrected chi connectivity index (χ0v) is 12.1. The van der Waals surface area contributed by atoms with Gasteiger partial charge in [-0.3, -0.25) is 0 Å². The van der Waals surface area contributed by atoms with Crippen LogP contribution in [0.4, 0.5) is 11.8 Å². The first-order chi connectivity index (χ1) is 9.70. The minimum absolute atomic E-state index is 0.584. The average Bonchev–Trinajstić information content (AvgIpc) is 3.21. The van der Waals surface area contributed by atoms with E-state index in [2.05, 4.69) is 20.6 Å². The molecule has 1 aromatic heterocycles. The van der Waals surface area contributed by atoms with E-state index in [4.69, 9.17) is 11.6 Å². The van der Waals surface area contributed by atoms with Crippen molar-refractivity contribution >= 4 is 23.4 Å². The summed E-state index contributed by atoms with van der Waals surface area (Å²) in [5.74, 6) is 1.52. The zero-order valence-electron chi connectivity index (χ0n) is 11.4. The SMILES string of the molecule is Cc1cc(NC2CC2)nc(NCc2ccccc2Cl)n1. The van der Waals surface area contributed by atoms with E-state index in [1.165, 1.54) is 12.8 Å². The van der Waals surface area contributed by atoms with E-state index in [0.717, 1.165) is 22.1 Å². The Labute approximate surface area is 123 Å². The number of aromatic nitrogens is 2. The minimum Gasteiger partial charge on any atom is -0.367 e. The molecule has 1 aliphatic carbocycles. The van der Waals surface area contributed by atoms with Crippen LogP contribution in [0.3, 0.4) is 0 Å². The van der Waals surface area contributed by atoms with Crippen molar-refractivity contribution in [3.8, 4) is 0 Å². The standard InChI is InChI=1S/C15H17ClN4/c1-10-8-14(19-12-6-7-12)20-15(18-10)17-9-11-4-2-3-5-13(11)16/h2-5,8,12H,6-7,9H2,1H3,(H2,17,18,19,20). The summed E-state index contributed by atoms with van der Waals surface area (Å²) in [7, 11) is 0. The van der Waals surface area contributed by atoms with Crippen LogP contribution in [0, 0.1) is 6.92 Å². The number of hydrogen-bond acceptors (Lipinski definition) is 4. The van der Waals surface area contributed by atoms with E-state index in [9.17, 15) is 0 Å². The lowest BCUT2D eigenvalue weighted by atomic mass is 10.2. The molecule has 2 aromatic rings. The molecule has 20 heavy (non-hydrogen) atoms. The normalized spacial score (nSPS) is 14.1. The Morgan fingerprint density at radius 1 is 1.25 bits per heavy atom. The van der Waals surface area contributed by atoms with Crippen molar-refractivity contribution in [1.82, 2.24) is 9.97 Å². The summed E-state index contributed by atoms with van der Waals surface area (Å²) >= 11 is 6.14. The molecule has 104 valence electrons. The van der Waals surface area contributed by atoms with Crippen molar-refractivity contribution in [1.29, 1.82) is 0 Å². The predicted octanol–water partition coefficient (Wildman–Crippen LogP) is 3.62. The van der Waals surface area contributed by atoms with Crippen molar-refractivity contribution in [2.45, 2.75) is 32.4 Å². The fourth-order valence-corrected chi connectivity index (χ4v) is 2.18. The highest BCUT2D eigenvalue weighted by Gasteiger charge is 2.21. The van der Waals surface area contributed by atoms with Gasteiger partial charge < -0.3 is 10.6 Å². The van der Waals surface area contributed by atoms with E-state index in [1.54, 1.807) is 0 Å². The molecule has 5 heteroatoms. The molecule has 1 aromatic carbocycles. The van der Waals surface area contributed by atoms with Gasteiger partial charge in [0.25, 0.3) is 0 Å². The highest BCUT2D eigenvalue weighted by atomic mass is 35.5. The van der Waals surface area contributed by atoms with E-state index in [-0.39, 0.29) is 0 Å². The maximum absolute atomic E-state index is 6.14. The summed E-state index contributed by atoms with van der Waals surface area (Å²) in [6.45, 7) is 2.59. The molecule has 1 aliphatic rings. The van der Waals surface area contributed by atoms with Crippen molar-refractivity contribution < 1.29 is 0 Å². The predicted molar refractivity (Wildman–Crippen MR) is 82.2 cm³/mol. The van der Waals surface area contributed by atoms with Gasteiger partial charge in [-0.25, -0.2) is 4.98 Å². The molecule has 0 radical (unpaired) electrons. The summed E-state index contributed by atoms with van der Waals surface area (Å²) in [6.07, 6.45) is 2.46.